The molecule has 27 heavy (non-hydrogen) atoms. The van der Waals surface area contributed by atoms with Crippen LogP contribution in [0.3, 0.4) is 0 Å². The van der Waals surface area contributed by atoms with Gasteiger partial charge in [-0.2, -0.15) is 5.10 Å². The fourth-order valence-corrected chi connectivity index (χ4v) is 3.15. The molecule has 0 saturated heterocycles. The molecule has 0 aliphatic rings. The summed E-state index contributed by atoms with van der Waals surface area (Å²) in [5.41, 5.74) is 5.57. The van der Waals surface area contributed by atoms with Gasteiger partial charge in [-0.3, -0.25) is 4.79 Å². The van der Waals surface area contributed by atoms with Gasteiger partial charge in [-0.05, 0) is 75.2 Å². The lowest BCUT2D eigenvalue weighted by Crippen LogP contribution is -2.32. The summed E-state index contributed by atoms with van der Waals surface area (Å²) < 4.78 is 1.71. The predicted octanol–water partition coefficient (Wildman–Crippen LogP) is 5.29. The zero-order chi connectivity index (χ0) is 19.6. The van der Waals surface area contributed by atoms with Crippen molar-refractivity contribution in [3.63, 3.8) is 0 Å². The van der Waals surface area contributed by atoms with Gasteiger partial charge in [0.05, 0.1) is 11.4 Å². The minimum Gasteiger partial charge on any atom is -0.338 e. The van der Waals surface area contributed by atoms with Gasteiger partial charge in [-0.1, -0.05) is 23.7 Å². The first-order valence-corrected chi connectivity index (χ1v) is 9.55. The van der Waals surface area contributed by atoms with E-state index in [1.807, 2.05) is 38.1 Å². The Morgan fingerprint density at radius 3 is 2.26 bits per heavy atom. The molecule has 0 spiro atoms. The lowest BCUT2D eigenvalue weighted by molar-refractivity contribution is 0.0764. The molecule has 0 saturated carbocycles. The molecule has 3 aromatic rings. The van der Waals surface area contributed by atoms with Crippen LogP contribution in [0.1, 0.15) is 35.5 Å². The fraction of sp³-hybridized carbons (Fsp3) is 0.273. The van der Waals surface area contributed by atoms with E-state index in [-0.39, 0.29) is 5.91 Å². The molecule has 3 rings (SSSR count). The van der Waals surface area contributed by atoms with E-state index in [2.05, 4.69) is 26.0 Å². The van der Waals surface area contributed by atoms with Crippen molar-refractivity contribution in [1.29, 1.82) is 0 Å². The Labute approximate surface area is 165 Å². The highest BCUT2D eigenvalue weighted by Gasteiger charge is 2.21. The number of carbonyl (C=O) groups is 1. The predicted molar refractivity (Wildman–Crippen MR) is 111 cm³/mol. The molecule has 1 aromatic heterocycles. The second kappa shape index (κ2) is 7.97. The Bertz CT molecular complexity index is 956. The summed E-state index contributed by atoms with van der Waals surface area (Å²) in [5, 5.41) is 5.40. The maximum absolute atomic E-state index is 13.1. The van der Waals surface area contributed by atoms with Crippen molar-refractivity contribution in [3.05, 3.63) is 70.4 Å². The Balaban J connectivity index is 2.14. The van der Waals surface area contributed by atoms with Crippen molar-refractivity contribution in [2.45, 2.75) is 27.7 Å². The maximum Gasteiger partial charge on any atom is 0.272 e. The second-order valence-electron chi connectivity index (χ2n) is 6.58. The number of benzene rings is 2. The Morgan fingerprint density at radius 1 is 1.00 bits per heavy atom. The molecule has 0 aliphatic heterocycles. The van der Waals surface area contributed by atoms with Crippen molar-refractivity contribution in [1.82, 2.24) is 14.7 Å². The van der Waals surface area contributed by atoms with E-state index in [1.54, 1.807) is 21.7 Å². The number of hydrogen-bond donors (Lipinski definition) is 0. The van der Waals surface area contributed by atoms with E-state index in [0.717, 1.165) is 16.9 Å². The number of nitrogens with zero attached hydrogens (tertiary/aromatic N) is 3. The van der Waals surface area contributed by atoms with Gasteiger partial charge in [0, 0.05) is 23.7 Å². The van der Waals surface area contributed by atoms with Gasteiger partial charge < -0.3 is 4.90 Å². The van der Waals surface area contributed by atoms with Crippen LogP contribution < -0.4 is 0 Å². The molecule has 5 heteroatoms. The van der Waals surface area contributed by atoms with Gasteiger partial charge in [0.2, 0.25) is 0 Å². The van der Waals surface area contributed by atoms with Crippen LogP contribution in [0.4, 0.5) is 0 Å². The molecule has 0 bridgehead atoms. The molecular formula is C22H24ClN3O. The van der Waals surface area contributed by atoms with Crippen LogP contribution in [-0.2, 0) is 0 Å². The van der Waals surface area contributed by atoms with Crippen molar-refractivity contribution < 1.29 is 4.79 Å². The first kappa shape index (κ1) is 19.2. The molecule has 1 amide bonds. The second-order valence-corrected chi connectivity index (χ2v) is 7.02. The largest absolute Gasteiger partial charge is 0.338 e. The number of carbonyl (C=O) groups excluding carboxylic acids is 1. The SMILES string of the molecule is CCN(CC)C(=O)c1cc(-c2ccc(C)c(C)c2)nn1-c1ccc(Cl)cc1. The summed E-state index contributed by atoms with van der Waals surface area (Å²) in [7, 11) is 0. The third kappa shape index (κ3) is 3.91. The van der Waals surface area contributed by atoms with E-state index in [9.17, 15) is 4.79 Å². The highest BCUT2D eigenvalue weighted by Crippen LogP contribution is 2.25. The number of hydrogen-bond acceptors (Lipinski definition) is 2. The fourth-order valence-electron chi connectivity index (χ4n) is 3.03. The summed E-state index contributed by atoms with van der Waals surface area (Å²) >= 11 is 6.03. The summed E-state index contributed by atoms with van der Waals surface area (Å²) in [6.07, 6.45) is 0. The Kier molecular flexibility index (Phi) is 5.66. The van der Waals surface area contributed by atoms with E-state index in [4.69, 9.17) is 16.7 Å². The standard InChI is InChI=1S/C22H24ClN3O/c1-5-25(6-2)22(27)21-14-20(17-8-7-15(3)16(4)13-17)24-26(21)19-11-9-18(23)10-12-19/h7-14H,5-6H2,1-4H3. The summed E-state index contributed by atoms with van der Waals surface area (Å²) in [4.78, 5) is 14.9. The van der Waals surface area contributed by atoms with Crippen LogP contribution in [0, 0.1) is 13.8 Å². The van der Waals surface area contributed by atoms with Crippen molar-refractivity contribution in [2.75, 3.05) is 13.1 Å². The minimum absolute atomic E-state index is 0.0301. The van der Waals surface area contributed by atoms with E-state index < -0.39 is 0 Å². The molecule has 4 nitrogen and oxygen atoms in total. The monoisotopic (exact) mass is 381 g/mol. The van der Waals surface area contributed by atoms with Gasteiger partial charge in [0.25, 0.3) is 5.91 Å². The zero-order valence-corrected chi connectivity index (χ0v) is 16.9. The van der Waals surface area contributed by atoms with Crippen LogP contribution in [-0.4, -0.2) is 33.7 Å². The smallest absolute Gasteiger partial charge is 0.272 e. The Morgan fingerprint density at radius 2 is 1.67 bits per heavy atom. The number of aryl methyl sites for hydroxylation is 2. The lowest BCUT2D eigenvalue weighted by atomic mass is 10.0. The normalized spacial score (nSPS) is 10.9. The topological polar surface area (TPSA) is 38.1 Å². The van der Waals surface area contributed by atoms with Crippen LogP contribution in [0.25, 0.3) is 16.9 Å². The van der Waals surface area contributed by atoms with Crippen LogP contribution >= 0.6 is 11.6 Å². The number of halogens is 1. The number of amides is 1. The highest BCUT2D eigenvalue weighted by molar-refractivity contribution is 6.30. The van der Waals surface area contributed by atoms with Crippen molar-refractivity contribution >= 4 is 17.5 Å². The molecule has 2 aromatic carbocycles. The molecule has 0 N–H and O–H groups in total. The third-order valence-corrected chi connectivity index (χ3v) is 5.10. The van der Waals surface area contributed by atoms with Gasteiger partial charge in [0.15, 0.2) is 0 Å². The average molecular weight is 382 g/mol. The molecule has 1 heterocycles. The third-order valence-electron chi connectivity index (χ3n) is 4.85. The minimum atomic E-state index is -0.0301. The number of aromatic nitrogens is 2. The van der Waals surface area contributed by atoms with Crippen LogP contribution in [0.5, 0.6) is 0 Å². The molecule has 0 fully saturated rings. The van der Waals surface area contributed by atoms with E-state index >= 15 is 0 Å². The van der Waals surface area contributed by atoms with E-state index in [1.165, 1.54) is 11.1 Å². The molecule has 0 unspecified atom stereocenters. The summed E-state index contributed by atoms with van der Waals surface area (Å²) in [5.74, 6) is -0.0301. The van der Waals surface area contributed by atoms with Gasteiger partial charge in [0.1, 0.15) is 5.69 Å². The van der Waals surface area contributed by atoms with Gasteiger partial charge in [-0.15, -0.1) is 0 Å². The zero-order valence-electron chi connectivity index (χ0n) is 16.2. The molecule has 140 valence electrons. The van der Waals surface area contributed by atoms with Gasteiger partial charge in [-0.25, -0.2) is 4.68 Å². The highest BCUT2D eigenvalue weighted by atomic mass is 35.5. The van der Waals surface area contributed by atoms with Crippen molar-refractivity contribution in [3.8, 4) is 16.9 Å². The maximum atomic E-state index is 13.1. The lowest BCUT2D eigenvalue weighted by Gasteiger charge is -2.19. The molecule has 0 atom stereocenters. The first-order valence-electron chi connectivity index (χ1n) is 9.17. The van der Waals surface area contributed by atoms with Crippen molar-refractivity contribution in [2.24, 2.45) is 0 Å². The van der Waals surface area contributed by atoms with Gasteiger partial charge >= 0.3 is 0 Å². The molecule has 0 aliphatic carbocycles. The average Bonchev–Trinajstić information content (AvgIpc) is 3.11. The summed E-state index contributed by atoms with van der Waals surface area (Å²) in [6, 6.07) is 15.5. The van der Waals surface area contributed by atoms with E-state index in [0.29, 0.717) is 23.8 Å². The van der Waals surface area contributed by atoms with Crippen LogP contribution in [0.2, 0.25) is 5.02 Å². The first-order chi connectivity index (χ1) is 12.9. The summed E-state index contributed by atoms with van der Waals surface area (Å²) in [6.45, 7) is 9.43. The molecular weight excluding hydrogens is 358 g/mol. The molecule has 0 radical (unpaired) electrons. The number of rotatable bonds is 5. The quantitative estimate of drug-likeness (QED) is 0.602. The van der Waals surface area contributed by atoms with Crippen LogP contribution in [0.15, 0.2) is 48.5 Å². The Hall–Kier alpha value is -2.59.